The van der Waals surface area contributed by atoms with Gasteiger partial charge in [-0.2, -0.15) is 0 Å². The van der Waals surface area contributed by atoms with Crippen LogP contribution in [0.2, 0.25) is 0 Å². The summed E-state index contributed by atoms with van der Waals surface area (Å²) >= 11 is 3.68. The fourth-order valence-electron chi connectivity index (χ4n) is 2.78. The molecule has 1 heterocycles. The van der Waals surface area contributed by atoms with Crippen molar-refractivity contribution in [3.8, 4) is 5.69 Å². The van der Waals surface area contributed by atoms with E-state index in [4.69, 9.17) is 10.7 Å². The summed E-state index contributed by atoms with van der Waals surface area (Å²) in [5, 5.41) is 0. The number of imidazole rings is 1. The van der Waals surface area contributed by atoms with E-state index in [-0.39, 0.29) is 0 Å². The van der Waals surface area contributed by atoms with Gasteiger partial charge in [0.25, 0.3) is 0 Å². The monoisotopic (exact) mass is 341 g/mol. The third kappa shape index (κ3) is 2.14. The summed E-state index contributed by atoms with van der Waals surface area (Å²) in [6.07, 6.45) is 2.45. The normalized spacial score (nSPS) is 14.8. The minimum Gasteiger partial charge on any atom is -0.399 e. The fourth-order valence-corrected chi connectivity index (χ4v) is 3.20. The first-order valence-corrected chi connectivity index (χ1v) is 7.97. The molecule has 1 saturated carbocycles. The molecule has 0 radical (unpaired) electrons. The topological polar surface area (TPSA) is 43.8 Å². The summed E-state index contributed by atoms with van der Waals surface area (Å²) in [4.78, 5) is 4.84. The molecule has 0 atom stereocenters. The zero-order valence-corrected chi connectivity index (χ0v) is 13.4. The van der Waals surface area contributed by atoms with Crippen molar-refractivity contribution >= 4 is 32.7 Å². The molecule has 0 aliphatic heterocycles. The molecule has 3 aromatic rings. The number of aromatic nitrogens is 2. The van der Waals surface area contributed by atoms with Gasteiger partial charge < -0.3 is 5.73 Å². The number of nitrogens with zero attached hydrogens (tertiary/aromatic N) is 2. The smallest absolute Gasteiger partial charge is 0.117 e. The summed E-state index contributed by atoms with van der Waals surface area (Å²) < 4.78 is 3.37. The van der Waals surface area contributed by atoms with Crippen molar-refractivity contribution in [1.29, 1.82) is 0 Å². The maximum absolute atomic E-state index is 5.91. The van der Waals surface area contributed by atoms with E-state index in [9.17, 15) is 0 Å². The van der Waals surface area contributed by atoms with Crippen LogP contribution in [-0.4, -0.2) is 9.55 Å². The van der Waals surface area contributed by atoms with Gasteiger partial charge in [0.1, 0.15) is 5.82 Å². The lowest BCUT2D eigenvalue weighted by Gasteiger charge is -2.12. The summed E-state index contributed by atoms with van der Waals surface area (Å²) in [5.74, 6) is 1.73. The Kier molecular flexibility index (Phi) is 2.82. The van der Waals surface area contributed by atoms with E-state index >= 15 is 0 Å². The molecule has 0 unspecified atom stereocenters. The summed E-state index contributed by atoms with van der Waals surface area (Å²) in [7, 11) is 0. The summed E-state index contributed by atoms with van der Waals surface area (Å²) in [6.45, 7) is 2.11. The van der Waals surface area contributed by atoms with Gasteiger partial charge in [-0.15, -0.1) is 0 Å². The van der Waals surface area contributed by atoms with E-state index in [0.717, 1.165) is 32.7 Å². The molecule has 1 aliphatic rings. The number of fused-ring (bicyclic) bond motifs is 1. The van der Waals surface area contributed by atoms with Crippen LogP contribution in [-0.2, 0) is 0 Å². The minimum absolute atomic E-state index is 0.575. The largest absolute Gasteiger partial charge is 0.399 e. The van der Waals surface area contributed by atoms with Crippen molar-refractivity contribution < 1.29 is 0 Å². The first-order chi connectivity index (χ1) is 10.1. The number of nitrogen functional groups attached to an aromatic ring is 1. The van der Waals surface area contributed by atoms with Crippen molar-refractivity contribution in [1.82, 2.24) is 9.55 Å². The average Bonchev–Trinajstić information content (AvgIpc) is 3.23. The Bertz CT molecular complexity index is 847. The average molecular weight is 342 g/mol. The standard InChI is InChI=1S/C17H16BrN3/c1-10-2-6-13(18)16(8-10)21-15-7-5-12(19)9-14(15)20-17(21)11-3-4-11/h2,5-9,11H,3-4,19H2,1H3. The molecule has 3 nitrogen and oxygen atoms in total. The lowest BCUT2D eigenvalue weighted by atomic mass is 10.2. The van der Waals surface area contributed by atoms with Crippen molar-refractivity contribution in [2.45, 2.75) is 25.7 Å². The molecule has 0 saturated heterocycles. The van der Waals surface area contributed by atoms with Crippen molar-refractivity contribution in [3.05, 3.63) is 52.3 Å². The van der Waals surface area contributed by atoms with E-state index in [2.05, 4.69) is 51.7 Å². The van der Waals surface area contributed by atoms with Gasteiger partial charge in [0, 0.05) is 16.1 Å². The van der Waals surface area contributed by atoms with Gasteiger partial charge in [-0.1, -0.05) is 6.07 Å². The molecule has 106 valence electrons. The van der Waals surface area contributed by atoms with Gasteiger partial charge >= 0.3 is 0 Å². The van der Waals surface area contributed by atoms with Crippen LogP contribution in [0.15, 0.2) is 40.9 Å². The van der Waals surface area contributed by atoms with Crippen LogP contribution in [0, 0.1) is 6.92 Å². The van der Waals surface area contributed by atoms with E-state index in [1.54, 1.807) is 0 Å². The summed E-state index contributed by atoms with van der Waals surface area (Å²) in [6, 6.07) is 12.4. The Morgan fingerprint density at radius 1 is 1.19 bits per heavy atom. The molecule has 21 heavy (non-hydrogen) atoms. The number of rotatable bonds is 2. The second-order valence-electron chi connectivity index (χ2n) is 5.78. The molecule has 0 amide bonds. The zero-order valence-electron chi connectivity index (χ0n) is 11.8. The molecule has 2 N–H and O–H groups in total. The molecule has 4 rings (SSSR count). The van der Waals surface area contributed by atoms with E-state index in [1.165, 1.54) is 18.4 Å². The van der Waals surface area contributed by atoms with Crippen LogP contribution in [0.4, 0.5) is 5.69 Å². The van der Waals surface area contributed by atoms with Crippen LogP contribution in [0.5, 0.6) is 0 Å². The first-order valence-electron chi connectivity index (χ1n) is 7.18. The lowest BCUT2D eigenvalue weighted by Crippen LogP contribution is -2.01. The third-order valence-corrected chi connectivity index (χ3v) is 4.66. The zero-order chi connectivity index (χ0) is 14.6. The number of benzene rings is 2. The lowest BCUT2D eigenvalue weighted by molar-refractivity contribution is 0.893. The highest BCUT2D eigenvalue weighted by atomic mass is 79.9. The highest BCUT2D eigenvalue weighted by Gasteiger charge is 2.30. The highest BCUT2D eigenvalue weighted by molar-refractivity contribution is 9.10. The minimum atomic E-state index is 0.575. The van der Waals surface area contributed by atoms with Crippen LogP contribution in [0.3, 0.4) is 0 Å². The molecule has 4 heteroatoms. The first kappa shape index (κ1) is 12.9. The SMILES string of the molecule is Cc1ccc(Br)c(-n2c(C3CC3)nc3cc(N)ccc32)c1. The number of hydrogen-bond acceptors (Lipinski definition) is 2. The highest BCUT2D eigenvalue weighted by Crippen LogP contribution is 2.42. The van der Waals surface area contributed by atoms with Gasteiger partial charge in [0.05, 0.1) is 16.7 Å². The maximum atomic E-state index is 5.91. The third-order valence-electron chi connectivity index (χ3n) is 3.99. The van der Waals surface area contributed by atoms with Gasteiger partial charge in [-0.25, -0.2) is 4.98 Å². The van der Waals surface area contributed by atoms with Gasteiger partial charge in [-0.05, 0) is 71.6 Å². The molecule has 1 aliphatic carbocycles. The molecule has 1 aromatic heterocycles. The van der Waals surface area contributed by atoms with Crippen LogP contribution in [0.1, 0.15) is 30.1 Å². The number of hydrogen-bond donors (Lipinski definition) is 1. The second kappa shape index (κ2) is 4.60. The number of halogens is 1. The van der Waals surface area contributed by atoms with Crippen LogP contribution in [0.25, 0.3) is 16.7 Å². The Balaban J connectivity index is 2.06. The summed E-state index contributed by atoms with van der Waals surface area (Å²) in [5.41, 5.74) is 11.2. The second-order valence-corrected chi connectivity index (χ2v) is 6.64. The van der Waals surface area contributed by atoms with E-state index in [1.807, 2.05) is 12.1 Å². The fraction of sp³-hybridized carbons (Fsp3) is 0.235. The van der Waals surface area contributed by atoms with Crippen molar-refractivity contribution in [2.75, 3.05) is 5.73 Å². The molecular weight excluding hydrogens is 326 g/mol. The number of anilines is 1. The number of nitrogens with two attached hydrogens (primary N) is 1. The Morgan fingerprint density at radius 3 is 2.76 bits per heavy atom. The Hall–Kier alpha value is -1.81. The van der Waals surface area contributed by atoms with E-state index in [0.29, 0.717) is 5.92 Å². The van der Waals surface area contributed by atoms with Crippen molar-refractivity contribution in [2.24, 2.45) is 0 Å². The molecule has 1 fully saturated rings. The molecule has 0 spiro atoms. The maximum Gasteiger partial charge on any atom is 0.117 e. The van der Waals surface area contributed by atoms with Gasteiger partial charge in [0.15, 0.2) is 0 Å². The van der Waals surface area contributed by atoms with Gasteiger partial charge in [-0.3, -0.25) is 4.57 Å². The molecular formula is C17H16BrN3. The van der Waals surface area contributed by atoms with E-state index < -0.39 is 0 Å². The van der Waals surface area contributed by atoms with Gasteiger partial charge in [0.2, 0.25) is 0 Å². The molecule has 0 bridgehead atoms. The predicted molar refractivity (Wildman–Crippen MR) is 89.9 cm³/mol. The predicted octanol–water partition coefficient (Wildman–Crippen LogP) is 4.56. The molecule has 2 aromatic carbocycles. The van der Waals surface area contributed by atoms with Crippen LogP contribution < -0.4 is 5.73 Å². The Morgan fingerprint density at radius 2 is 2.00 bits per heavy atom. The quantitative estimate of drug-likeness (QED) is 0.694. The van der Waals surface area contributed by atoms with Crippen LogP contribution >= 0.6 is 15.9 Å². The number of aryl methyl sites for hydroxylation is 1. The Labute approximate surface area is 131 Å². The van der Waals surface area contributed by atoms with Crippen molar-refractivity contribution in [3.63, 3.8) is 0 Å².